The van der Waals surface area contributed by atoms with Gasteiger partial charge in [-0.2, -0.15) is 4.31 Å². The van der Waals surface area contributed by atoms with Crippen LogP contribution in [0.25, 0.3) is 0 Å². The van der Waals surface area contributed by atoms with Crippen molar-refractivity contribution in [2.24, 2.45) is 0 Å². The standard InChI is InChI=1S/C22H30N2O4S/c1-7-24(8-2)29(26,27)21-14-18(11-12-20(21)28-6)22(25)23-17(5)19-13-15(3)9-10-16(19)4/h9-14,17H,7-8H2,1-6H3,(H,23,25). The van der Waals surface area contributed by atoms with Crippen LogP contribution in [0.2, 0.25) is 0 Å². The maximum Gasteiger partial charge on any atom is 0.251 e. The first-order chi connectivity index (χ1) is 13.6. The molecule has 0 aromatic heterocycles. The molecule has 158 valence electrons. The van der Waals surface area contributed by atoms with Crippen LogP contribution in [0.3, 0.4) is 0 Å². The van der Waals surface area contributed by atoms with Crippen LogP contribution >= 0.6 is 0 Å². The van der Waals surface area contributed by atoms with Gasteiger partial charge in [0.1, 0.15) is 10.6 Å². The second-order valence-corrected chi connectivity index (χ2v) is 8.92. The number of rotatable bonds is 8. The minimum atomic E-state index is -3.76. The second-order valence-electron chi connectivity index (χ2n) is 7.01. The number of ether oxygens (including phenoxy) is 1. The van der Waals surface area contributed by atoms with Crippen LogP contribution in [0.4, 0.5) is 0 Å². The molecule has 2 rings (SSSR count). The summed E-state index contributed by atoms with van der Waals surface area (Å²) in [5, 5.41) is 2.97. The molecule has 7 heteroatoms. The number of aryl methyl sites for hydroxylation is 2. The Labute approximate surface area is 173 Å². The van der Waals surface area contributed by atoms with Gasteiger partial charge in [0.15, 0.2) is 0 Å². The predicted octanol–water partition coefficient (Wildman–Crippen LogP) is 3.83. The van der Waals surface area contributed by atoms with Crippen molar-refractivity contribution >= 4 is 15.9 Å². The van der Waals surface area contributed by atoms with Crippen LogP contribution in [0, 0.1) is 13.8 Å². The zero-order valence-corrected chi connectivity index (χ0v) is 18.8. The van der Waals surface area contributed by atoms with Crippen molar-refractivity contribution < 1.29 is 17.9 Å². The second kappa shape index (κ2) is 9.41. The number of amides is 1. The molecule has 0 radical (unpaired) electrons. The number of hydrogen-bond acceptors (Lipinski definition) is 4. The van der Waals surface area contributed by atoms with Crippen LogP contribution in [0.15, 0.2) is 41.3 Å². The molecule has 2 aromatic rings. The summed E-state index contributed by atoms with van der Waals surface area (Å²) in [4.78, 5) is 12.8. The largest absolute Gasteiger partial charge is 0.495 e. The lowest BCUT2D eigenvalue weighted by Gasteiger charge is -2.21. The van der Waals surface area contributed by atoms with Crippen molar-refractivity contribution in [1.82, 2.24) is 9.62 Å². The van der Waals surface area contributed by atoms with Gasteiger partial charge in [0.25, 0.3) is 5.91 Å². The van der Waals surface area contributed by atoms with E-state index < -0.39 is 10.0 Å². The highest BCUT2D eigenvalue weighted by Gasteiger charge is 2.27. The Hall–Kier alpha value is -2.38. The summed E-state index contributed by atoms with van der Waals surface area (Å²) in [6.07, 6.45) is 0. The van der Waals surface area contributed by atoms with Gasteiger partial charge < -0.3 is 10.1 Å². The Kier molecular flexibility index (Phi) is 7.43. The molecule has 2 aromatic carbocycles. The van der Waals surface area contributed by atoms with Gasteiger partial charge >= 0.3 is 0 Å². The Bertz CT molecular complexity index is 982. The van der Waals surface area contributed by atoms with E-state index in [2.05, 4.69) is 5.32 Å². The summed E-state index contributed by atoms with van der Waals surface area (Å²) in [5.74, 6) is -0.118. The van der Waals surface area contributed by atoms with Crippen molar-refractivity contribution in [3.05, 3.63) is 58.7 Å². The number of hydrogen-bond donors (Lipinski definition) is 1. The monoisotopic (exact) mass is 418 g/mol. The van der Waals surface area contributed by atoms with Gasteiger partial charge in [-0.1, -0.05) is 37.6 Å². The summed E-state index contributed by atoms with van der Waals surface area (Å²) in [6.45, 7) is 10.1. The number of methoxy groups -OCH3 is 1. The molecule has 1 unspecified atom stereocenters. The topological polar surface area (TPSA) is 75.7 Å². The maximum absolute atomic E-state index is 13.0. The lowest BCUT2D eigenvalue weighted by molar-refractivity contribution is 0.0939. The summed E-state index contributed by atoms with van der Waals surface area (Å²) in [7, 11) is -2.35. The number of nitrogens with one attached hydrogen (secondary N) is 1. The molecule has 0 bridgehead atoms. The molecule has 0 aliphatic rings. The van der Waals surface area contributed by atoms with E-state index in [1.807, 2.05) is 39.0 Å². The minimum absolute atomic E-state index is 0.00395. The van der Waals surface area contributed by atoms with Gasteiger partial charge in [0, 0.05) is 18.7 Å². The number of carbonyl (C=O) groups is 1. The zero-order chi connectivity index (χ0) is 21.8. The zero-order valence-electron chi connectivity index (χ0n) is 17.9. The Morgan fingerprint density at radius 3 is 2.34 bits per heavy atom. The van der Waals surface area contributed by atoms with E-state index in [1.54, 1.807) is 19.9 Å². The fraction of sp³-hybridized carbons (Fsp3) is 0.409. The highest BCUT2D eigenvalue weighted by atomic mass is 32.2. The molecular formula is C22H30N2O4S. The molecule has 1 amide bonds. The molecule has 6 nitrogen and oxygen atoms in total. The van der Waals surface area contributed by atoms with E-state index in [9.17, 15) is 13.2 Å². The lowest BCUT2D eigenvalue weighted by Crippen LogP contribution is -2.31. The molecule has 0 saturated heterocycles. The van der Waals surface area contributed by atoms with Crippen LogP contribution in [0.5, 0.6) is 5.75 Å². The normalized spacial score (nSPS) is 12.7. The molecule has 0 fully saturated rings. The first kappa shape index (κ1) is 22.9. The smallest absolute Gasteiger partial charge is 0.251 e. The van der Waals surface area contributed by atoms with Crippen molar-refractivity contribution in [2.75, 3.05) is 20.2 Å². The lowest BCUT2D eigenvalue weighted by atomic mass is 9.99. The van der Waals surface area contributed by atoms with Gasteiger partial charge in [-0.05, 0) is 50.1 Å². The van der Waals surface area contributed by atoms with E-state index in [1.165, 1.54) is 23.5 Å². The molecule has 1 atom stereocenters. The van der Waals surface area contributed by atoms with Crippen molar-refractivity contribution in [3.63, 3.8) is 0 Å². The quantitative estimate of drug-likeness (QED) is 0.707. The average molecular weight is 419 g/mol. The van der Waals surface area contributed by atoms with Gasteiger partial charge in [-0.3, -0.25) is 4.79 Å². The SMILES string of the molecule is CCN(CC)S(=O)(=O)c1cc(C(=O)NC(C)c2cc(C)ccc2C)ccc1OC. The van der Waals surface area contributed by atoms with Crippen LogP contribution in [-0.2, 0) is 10.0 Å². The Morgan fingerprint density at radius 1 is 1.10 bits per heavy atom. The molecule has 0 heterocycles. The van der Waals surface area contributed by atoms with E-state index in [0.717, 1.165) is 16.7 Å². The van der Waals surface area contributed by atoms with Gasteiger partial charge in [-0.25, -0.2) is 8.42 Å². The third-order valence-electron chi connectivity index (χ3n) is 5.00. The number of nitrogens with zero attached hydrogens (tertiary/aromatic N) is 1. The molecule has 0 aliphatic heterocycles. The summed E-state index contributed by atoms with van der Waals surface area (Å²) < 4.78 is 32.6. The highest BCUT2D eigenvalue weighted by molar-refractivity contribution is 7.89. The molecule has 1 N–H and O–H groups in total. The molecule has 0 spiro atoms. The Morgan fingerprint density at radius 2 is 1.76 bits per heavy atom. The van der Waals surface area contributed by atoms with E-state index in [-0.39, 0.29) is 28.2 Å². The summed E-state index contributed by atoms with van der Waals surface area (Å²) >= 11 is 0. The maximum atomic E-state index is 13.0. The van der Waals surface area contributed by atoms with E-state index in [0.29, 0.717) is 13.1 Å². The average Bonchev–Trinajstić information content (AvgIpc) is 2.69. The highest BCUT2D eigenvalue weighted by Crippen LogP contribution is 2.28. The number of sulfonamides is 1. The minimum Gasteiger partial charge on any atom is -0.495 e. The third kappa shape index (κ3) is 4.97. The van der Waals surface area contributed by atoms with Gasteiger partial charge in [0.2, 0.25) is 10.0 Å². The Balaban J connectivity index is 2.38. The summed E-state index contributed by atoms with van der Waals surface area (Å²) in [5.41, 5.74) is 3.50. The van der Waals surface area contributed by atoms with Crippen LogP contribution in [0.1, 0.15) is 53.9 Å². The molecular weight excluding hydrogens is 388 g/mol. The first-order valence-corrected chi connectivity index (χ1v) is 11.2. The molecule has 0 aliphatic carbocycles. The first-order valence-electron chi connectivity index (χ1n) is 9.71. The van der Waals surface area contributed by atoms with Crippen molar-refractivity contribution in [1.29, 1.82) is 0 Å². The van der Waals surface area contributed by atoms with Crippen LogP contribution in [-0.4, -0.2) is 38.8 Å². The van der Waals surface area contributed by atoms with Gasteiger partial charge in [0.05, 0.1) is 13.2 Å². The van der Waals surface area contributed by atoms with E-state index >= 15 is 0 Å². The number of carbonyl (C=O) groups excluding carboxylic acids is 1. The van der Waals surface area contributed by atoms with Crippen LogP contribution < -0.4 is 10.1 Å². The van der Waals surface area contributed by atoms with E-state index in [4.69, 9.17) is 4.74 Å². The van der Waals surface area contributed by atoms with Crippen molar-refractivity contribution in [2.45, 2.75) is 45.6 Å². The summed E-state index contributed by atoms with van der Waals surface area (Å²) in [6, 6.07) is 10.4. The van der Waals surface area contributed by atoms with Crippen molar-refractivity contribution in [3.8, 4) is 5.75 Å². The predicted molar refractivity (Wildman–Crippen MR) is 115 cm³/mol. The van der Waals surface area contributed by atoms with Gasteiger partial charge in [-0.15, -0.1) is 0 Å². The molecule has 29 heavy (non-hydrogen) atoms. The fourth-order valence-corrected chi connectivity index (χ4v) is 4.95. The number of benzene rings is 2. The fourth-order valence-electron chi connectivity index (χ4n) is 3.31. The molecule has 0 saturated carbocycles. The third-order valence-corrected chi connectivity index (χ3v) is 7.07.